The maximum atomic E-state index is 13.0. The molecule has 1 saturated heterocycles. The van der Waals surface area contributed by atoms with E-state index in [9.17, 15) is 9.90 Å². The summed E-state index contributed by atoms with van der Waals surface area (Å²) < 4.78 is 10.4. The molecule has 0 spiro atoms. The van der Waals surface area contributed by atoms with E-state index < -0.39 is 0 Å². The van der Waals surface area contributed by atoms with Gasteiger partial charge in [0.15, 0.2) is 5.82 Å². The van der Waals surface area contributed by atoms with Gasteiger partial charge in [0.1, 0.15) is 0 Å². The predicted octanol–water partition coefficient (Wildman–Crippen LogP) is 1.72. The maximum Gasteiger partial charge on any atom is 0.254 e. The number of hydrogen-bond donors (Lipinski definition) is 1. The lowest BCUT2D eigenvalue weighted by Crippen LogP contribution is -2.29. The molecular weight excluding hydrogens is 334 g/mol. The van der Waals surface area contributed by atoms with Crippen molar-refractivity contribution in [2.24, 2.45) is 5.92 Å². The topological polar surface area (TPSA) is 88.7 Å². The van der Waals surface area contributed by atoms with E-state index in [-0.39, 0.29) is 24.3 Å². The zero-order valence-corrected chi connectivity index (χ0v) is 15.4. The van der Waals surface area contributed by atoms with E-state index in [0.29, 0.717) is 43.4 Å². The first-order valence-electron chi connectivity index (χ1n) is 8.82. The summed E-state index contributed by atoms with van der Waals surface area (Å²) in [5.74, 6) is 0.771. The number of aliphatic hydroxyl groups is 1. The number of ether oxygens (including phenoxy) is 1. The number of amides is 1. The summed E-state index contributed by atoms with van der Waals surface area (Å²) in [4.78, 5) is 19.2. The quantitative estimate of drug-likeness (QED) is 0.845. The van der Waals surface area contributed by atoms with Crippen LogP contribution >= 0.6 is 0 Å². The lowest BCUT2D eigenvalue weighted by Gasteiger charge is -2.17. The molecule has 2 aromatic rings. The molecule has 1 amide bonds. The molecule has 0 radical (unpaired) electrons. The molecule has 26 heavy (non-hydrogen) atoms. The number of aliphatic hydroxyl groups excluding tert-OH is 1. The summed E-state index contributed by atoms with van der Waals surface area (Å²) in [5.41, 5.74) is 2.70. The third-order valence-electron chi connectivity index (χ3n) is 4.92. The molecule has 0 saturated carbocycles. The van der Waals surface area contributed by atoms with Gasteiger partial charge in [0.2, 0.25) is 5.89 Å². The summed E-state index contributed by atoms with van der Waals surface area (Å²) in [7, 11) is 1.62. The first-order chi connectivity index (χ1) is 12.5. The molecule has 0 unspecified atom stereocenters. The first-order valence-corrected chi connectivity index (χ1v) is 8.82. The van der Waals surface area contributed by atoms with Gasteiger partial charge in [0.25, 0.3) is 5.91 Å². The van der Waals surface area contributed by atoms with Gasteiger partial charge in [0.05, 0.1) is 12.5 Å². The Morgan fingerprint density at radius 1 is 1.38 bits per heavy atom. The van der Waals surface area contributed by atoms with Gasteiger partial charge < -0.3 is 19.3 Å². The molecule has 1 aromatic heterocycles. The van der Waals surface area contributed by atoms with Crippen molar-refractivity contribution >= 4 is 5.91 Å². The van der Waals surface area contributed by atoms with E-state index in [1.165, 1.54) is 0 Å². The number of rotatable bonds is 6. The number of carbonyl (C=O) groups excluding carboxylic acids is 1. The monoisotopic (exact) mass is 359 g/mol. The van der Waals surface area contributed by atoms with Crippen molar-refractivity contribution in [3.63, 3.8) is 0 Å². The van der Waals surface area contributed by atoms with Crippen LogP contribution in [0.25, 0.3) is 0 Å². The zero-order chi connectivity index (χ0) is 18.7. The largest absolute Gasteiger partial charge is 0.396 e. The second-order valence-corrected chi connectivity index (χ2v) is 6.87. The molecule has 1 N–H and O–H groups in total. The fourth-order valence-corrected chi connectivity index (χ4v) is 3.35. The number of methoxy groups -OCH3 is 1. The number of aryl methyl sites for hydroxylation is 2. The fourth-order valence-electron chi connectivity index (χ4n) is 3.35. The third-order valence-corrected chi connectivity index (χ3v) is 4.92. The smallest absolute Gasteiger partial charge is 0.254 e. The van der Waals surface area contributed by atoms with E-state index in [1.54, 1.807) is 12.0 Å². The molecule has 7 nitrogen and oxygen atoms in total. The van der Waals surface area contributed by atoms with E-state index in [2.05, 4.69) is 10.1 Å². The molecule has 0 aliphatic carbocycles. The summed E-state index contributed by atoms with van der Waals surface area (Å²) in [6.45, 7) is 5.33. The lowest BCUT2D eigenvalue weighted by atomic mass is 9.97. The van der Waals surface area contributed by atoms with Crippen molar-refractivity contribution in [2.45, 2.75) is 26.2 Å². The molecule has 2 atom stereocenters. The molecule has 3 rings (SSSR count). The normalized spacial score (nSPS) is 19.9. The molecule has 1 fully saturated rings. The number of carbonyl (C=O) groups is 1. The molecule has 7 heteroatoms. The molecule has 0 bridgehead atoms. The van der Waals surface area contributed by atoms with Crippen LogP contribution < -0.4 is 0 Å². The number of likely N-dealkylation sites (tertiary alicyclic amines) is 1. The van der Waals surface area contributed by atoms with Crippen molar-refractivity contribution in [3.8, 4) is 0 Å². The Morgan fingerprint density at radius 3 is 2.92 bits per heavy atom. The second kappa shape index (κ2) is 7.97. The molecule has 1 aromatic carbocycles. The first kappa shape index (κ1) is 18.5. The van der Waals surface area contributed by atoms with Gasteiger partial charge in [-0.2, -0.15) is 4.98 Å². The van der Waals surface area contributed by atoms with Crippen LogP contribution in [0.2, 0.25) is 0 Å². The minimum absolute atomic E-state index is 0.0220. The Balaban J connectivity index is 1.77. The van der Waals surface area contributed by atoms with Crippen LogP contribution in [0.4, 0.5) is 0 Å². The summed E-state index contributed by atoms with van der Waals surface area (Å²) in [6, 6.07) is 5.86. The average Bonchev–Trinajstić information content (AvgIpc) is 3.27. The highest BCUT2D eigenvalue weighted by Gasteiger charge is 2.39. The van der Waals surface area contributed by atoms with Gasteiger partial charge in [-0.15, -0.1) is 0 Å². The van der Waals surface area contributed by atoms with Gasteiger partial charge in [-0.3, -0.25) is 4.79 Å². The highest BCUT2D eigenvalue weighted by Crippen LogP contribution is 2.32. The van der Waals surface area contributed by atoms with Gasteiger partial charge >= 0.3 is 0 Å². The number of aromatic nitrogens is 2. The van der Waals surface area contributed by atoms with Gasteiger partial charge in [-0.05, 0) is 25.5 Å². The van der Waals surface area contributed by atoms with E-state index >= 15 is 0 Å². The Bertz CT molecular complexity index is 774. The number of hydrogen-bond acceptors (Lipinski definition) is 6. The van der Waals surface area contributed by atoms with Gasteiger partial charge in [-0.25, -0.2) is 0 Å². The van der Waals surface area contributed by atoms with Crippen LogP contribution in [0.3, 0.4) is 0 Å². The van der Waals surface area contributed by atoms with E-state index in [0.717, 1.165) is 11.1 Å². The van der Waals surface area contributed by atoms with Crippen molar-refractivity contribution < 1.29 is 19.2 Å². The standard InChI is InChI=1S/C19H25N3O4/c1-12-4-5-13(2)15(8-12)19(24)22-9-14(11-23)16(10-22)18-20-17(21-26-18)6-7-25-3/h4-5,8,14,16,23H,6-7,9-11H2,1-3H3/t14-,16+/m0/s1. The van der Waals surface area contributed by atoms with Gasteiger partial charge in [-0.1, -0.05) is 22.9 Å². The van der Waals surface area contributed by atoms with Crippen LogP contribution in [0, 0.1) is 19.8 Å². The lowest BCUT2D eigenvalue weighted by molar-refractivity contribution is 0.0780. The number of nitrogens with zero attached hydrogens (tertiary/aromatic N) is 3. The predicted molar refractivity (Wildman–Crippen MR) is 95.0 cm³/mol. The highest BCUT2D eigenvalue weighted by atomic mass is 16.5. The zero-order valence-electron chi connectivity index (χ0n) is 15.4. The van der Waals surface area contributed by atoms with Crippen molar-refractivity contribution in [2.75, 3.05) is 33.4 Å². The fraction of sp³-hybridized carbons (Fsp3) is 0.526. The Morgan fingerprint density at radius 2 is 2.19 bits per heavy atom. The van der Waals surface area contributed by atoms with Crippen LogP contribution in [-0.2, 0) is 11.2 Å². The minimum atomic E-state index is -0.155. The molecular formula is C19H25N3O4. The maximum absolute atomic E-state index is 13.0. The Labute approximate surface area is 153 Å². The third kappa shape index (κ3) is 3.78. The molecule has 1 aliphatic heterocycles. The van der Waals surface area contributed by atoms with Crippen LogP contribution in [0.5, 0.6) is 0 Å². The van der Waals surface area contributed by atoms with Crippen LogP contribution in [-0.4, -0.2) is 59.5 Å². The second-order valence-electron chi connectivity index (χ2n) is 6.87. The minimum Gasteiger partial charge on any atom is -0.396 e. The average molecular weight is 359 g/mol. The number of benzene rings is 1. The summed E-state index contributed by atoms with van der Waals surface area (Å²) >= 11 is 0. The Kier molecular flexibility index (Phi) is 5.68. The summed E-state index contributed by atoms with van der Waals surface area (Å²) in [6.07, 6.45) is 0.571. The van der Waals surface area contributed by atoms with Gasteiger partial charge in [0, 0.05) is 44.7 Å². The van der Waals surface area contributed by atoms with Crippen molar-refractivity contribution in [3.05, 3.63) is 46.6 Å². The molecule has 2 heterocycles. The Hall–Kier alpha value is -2.25. The van der Waals surface area contributed by atoms with Crippen molar-refractivity contribution in [1.82, 2.24) is 15.0 Å². The SMILES string of the molecule is COCCc1noc([C@@H]2CN(C(=O)c3cc(C)ccc3C)C[C@H]2CO)n1. The van der Waals surface area contributed by atoms with E-state index in [1.807, 2.05) is 32.0 Å². The van der Waals surface area contributed by atoms with Crippen LogP contribution in [0.1, 0.15) is 39.1 Å². The van der Waals surface area contributed by atoms with Crippen molar-refractivity contribution in [1.29, 1.82) is 0 Å². The summed E-state index contributed by atoms with van der Waals surface area (Å²) in [5, 5.41) is 13.7. The molecule has 140 valence electrons. The van der Waals surface area contributed by atoms with Crippen LogP contribution in [0.15, 0.2) is 22.7 Å². The molecule has 1 aliphatic rings. The highest BCUT2D eigenvalue weighted by molar-refractivity contribution is 5.96. The van der Waals surface area contributed by atoms with E-state index in [4.69, 9.17) is 9.26 Å².